The highest BCUT2D eigenvalue weighted by atomic mass is 35.5. The molecule has 2 aromatic rings. The molecule has 0 amide bonds. The van der Waals surface area contributed by atoms with E-state index >= 15 is 0 Å². The van der Waals surface area contributed by atoms with Crippen molar-refractivity contribution < 1.29 is 10.2 Å². The van der Waals surface area contributed by atoms with E-state index in [1.807, 2.05) is 42.5 Å². The maximum absolute atomic E-state index is 10.3. The van der Waals surface area contributed by atoms with Crippen molar-refractivity contribution in [3.05, 3.63) is 63.6 Å². The molecular formula is C20H24Cl2N2O2. The van der Waals surface area contributed by atoms with Gasteiger partial charge in [-0.2, -0.15) is 0 Å². The molecule has 0 aromatic heterocycles. The van der Waals surface area contributed by atoms with Crippen LogP contribution in [0.5, 0.6) is 0 Å². The van der Waals surface area contributed by atoms with Gasteiger partial charge in [-0.25, -0.2) is 0 Å². The minimum atomic E-state index is -0.463. The van der Waals surface area contributed by atoms with Gasteiger partial charge in [0.2, 0.25) is 0 Å². The summed E-state index contributed by atoms with van der Waals surface area (Å²) in [6.45, 7) is 4.57. The van der Waals surface area contributed by atoms with Crippen LogP contribution in [0.15, 0.2) is 42.5 Å². The molecule has 1 aliphatic rings. The van der Waals surface area contributed by atoms with Gasteiger partial charge in [0, 0.05) is 48.5 Å². The van der Waals surface area contributed by atoms with Gasteiger partial charge in [-0.15, -0.1) is 0 Å². The zero-order valence-corrected chi connectivity index (χ0v) is 16.1. The molecule has 4 nitrogen and oxygen atoms in total. The van der Waals surface area contributed by atoms with Gasteiger partial charge in [-0.1, -0.05) is 41.4 Å². The third kappa shape index (κ3) is 4.90. The van der Waals surface area contributed by atoms with Gasteiger partial charge in [-0.05, 0) is 41.8 Å². The second-order valence-corrected chi connectivity index (χ2v) is 7.46. The van der Waals surface area contributed by atoms with Crippen LogP contribution in [0.3, 0.4) is 0 Å². The summed E-state index contributed by atoms with van der Waals surface area (Å²) in [5.74, 6) is 0. The first-order chi connectivity index (χ1) is 12.6. The van der Waals surface area contributed by atoms with Crippen molar-refractivity contribution >= 4 is 28.9 Å². The van der Waals surface area contributed by atoms with Crippen LogP contribution in [0.2, 0.25) is 10.0 Å². The highest BCUT2D eigenvalue weighted by Gasteiger charge is 2.19. The van der Waals surface area contributed by atoms with Crippen LogP contribution in [0.1, 0.15) is 23.7 Å². The van der Waals surface area contributed by atoms with E-state index in [9.17, 15) is 10.2 Å². The Hall–Kier alpha value is -1.30. The quantitative estimate of drug-likeness (QED) is 0.783. The highest BCUT2D eigenvalue weighted by molar-refractivity contribution is 6.31. The fourth-order valence-corrected chi connectivity index (χ4v) is 3.61. The smallest absolute Gasteiger partial charge is 0.0802 e. The number of halogens is 2. The van der Waals surface area contributed by atoms with E-state index in [-0.39, 0.29) is 6.61 Å². The van der Waals surface area contributed by atoms with E-state index in [0.29, 0.717) is 16.5 Å². The lowest BCUT2D eigenvalue weighted by molar-refractivity contribution is 0.139. The van der Waals surface area contributed by atoms with Gasteiger partial charge in [0.25, 0.3) is 0 Å². The zero-order chi connectivity index (χ0) is 18.5. The van der Waals surface area contributed by atoms with Crippen LogP contribution in [0.25, 0.3) is 0 Å². The Labute approximate surface area is 164 Å². The molecule has 1 atom stereocenters. The van der Waals surface area contributed by atoms with Gasteiger partial charge in [-0.3, -0.25) is 4.90 Å². The molecule has 0 saturated carbocycles. The van der Waals surface area contributed by atoms with Crippen molar-refractivity contribution in [2.24, 2.45) is 0 Å². The average molecular weight is 395 g/mol. The fraction of sp³-hybridized carbons (Fsp3) is 0.400. The van der Waals surface area contributed by atoms with Crippen molar-refractivity contribution in [3.8, 4) is 0 Å². The SMILES string of the molecule is OCc1ccc(N2CCN(CC[C@@H](O)c3ccc(Cl)cc3)CC2)cc1Cl. The Balaban J connectivity index is 1.48. The number of anilines is 1. The van der Waals surface area contributed by atoms with E-state index < -0.39 is 6.10 Å². The molecule has 0 bridgehead atoms. The normalized spacial score (nSPS) is 16.7. The monoisotopic (exact) mass is 394 g/mol. The summed E-state index contributed by atoms with van der Waals surface area (Å²) >= 11 is 12.1. The average Bonchev–Trinajstić information content (AvgIpc) is 2.67. The minimum absolute atomic E-state index is 0.0389. The lowest BCUT2D eigenvalue weighted by Crippen LogP contribution is -2.46. The Morgan fingerprint density at radius 2 is 1.65 bits per heavy atom. The second-order valence-electron chi connectivity index (χ2n) is 6.62. The van der Waals surface area contributed by atoms with Crippen LogP contribution < -0.4 is 4.90 Å². The molecule has 6 heteroatoms. The van der Waals surface area contributed by atoms with Gasteiger partial charge in [0.05, 0.1) is 12.7 Å². The molecule has 2 N–H and O–H groups in total. The molecular weight excluding hydrogens is 371 g/mol. The molecule has 3 rings (SSSR count). The van der Waals surface area contributed by atoms with Crippen molar-refractivity contribution in [1.29, 1.82) is 0 Å². The van der Waals surface area contributed by atoms with Crippen molar-refractivity contribution in [2.45, 2.75) is 19.1 Å². The van der Waals surface area contributed by atoms with Crippen LogP contribution in [-0.4, -0.2) is 47.8 Å². The summed E-state index contributed by atoms with van der Waals surface area (Å²) < 4.78 is 0. The largest absolute Gasteiger partial charge is 0.392 e. The minimum Gasteiger partial charge on any atom is -0.392 e. The molecule has 1 heterocycles. The summed E-state index contributed by atoms with van der Waals surface area (Å²) in [6.07, 6.45) is 0.244. The van der Waals surface area contributed by atoms with Gasteiger partial charge in [0.15, 0.2) is 0 Å². The molecule has 0 aliphatic carbocycles. The van der Waals surface area contributed by atoms with E-state index in [1.165, 1.54) is 0 Å². The summed E-state index contributed by atoms with van der Waals surface area (Å²) in [4.78, 5) is 4.68. The molecule has 140 valence electrons. The number of hydrogen-bond donors (Lipinski definition) is 2. The number of piperazine rings is 1. The summed E-state index contributed by atoms with van der Waals surface area (Å²) in [5.41, 5.74) is 2.75. The summed E-state index contributed by atoms with van der Waals surface area (Å²) in [5, 5.41) is 20.9. The third-order valence-electron chi connectivity index (χ3n) is 4.92. The number of benzene rings is 2. The molecule has 0 unspecified atom stereocenters. The second kappa shape index (κ2) is 9.07. The fourth-order valence-electron chi connectivity index (χ4n) is 3.25. The van der Waals surface area contributed by atoms with Crippen LogP contribution in [0, 0.1) is 0 Å². The predicted molar refractivity (Wildman–Crippen MR) is 107 cm³/mol. The number of rotatable bonds is 6. The number of aliphatic hydroxyl groups is 2. The summed E-state index contributed by atoms with van der Waals surface area (Å²) in [7, 11) is 0. The maximum atomic E-state index is 10.3. The van der Waals surface area contributed by atoms with E-state index in [2.05, 4.69) is 9.80 Å². The third-order valence-corrected chi connectivity index (χ3v) is 5.52. The topological polar surface area (TPSA) is 46.9 Å². The molecule has 1 fully saturated rings. The van der Waals surface area contributed by atoms with Crippen molar-refractivity contribution in [3.63, 3.8) is 0 Å². The van der Waals surface area contributed by atoms with Gasteiger partial charge < -0.3 is 15.1 Å². The van der Waals surface area contributed by atoms with E-state index in [1.54, 1.807) is 0 Å². The molecule has 1 saturated heterocycles. The highest BCUT2D eigenvalue weighted by Crippen LogP contribution is 2.25. The number of nitrogens with zero attached hydrogens (tertiary/aromatic N) is 2. The van der Waals surface area contributed by atoms with Crippen LogP contribution in [0.4, 0.5) is 5.69 Å². The van der Waals surface area contributed by atoms with Crippen LogP contribution in [-0.2, 0) is 6.61 Å². The Bertz CT molecular complexity index is 716. The first-order valence-corrected chi connectivity index (χ1v) is 9.62. The van der Waals surface area contributed by atoms with E-state index in [4.69, 9.17) is 23.2 Å². The maximum Gasteiger partial charge on any atom is 0.0802 e. The first-order valence-electron chi connectivity index (χ1n) is 8.87. The Morgan fingerprint density at radius 3 is 2.27 bits per heavy atom. The number of aliphatic hydroxyl groups excluding tert-OH is 2. The molecule has 1 aliphatic heterocycles. The van der Waals surface area contributed by atoms with Gasteiger partial charge in [0.1, 0.15) is 0 Å². The molecule has 0 radical (unpaired) electrons. The predicted octanol–water partition coefficient (Wildman–Crippen LogP) is 3.73. The summed E-state index contributed by atoms with van der Waals surface area (Å²) in [6, 6.07) is 13.2. The standard InChI is InChI=1S/C20H24Cl2N2O2/c21-17-4-1-15(2-5-17)20(26)7-8-23-9-11-24(12-10-23)18-6-3-16(14-25)19(22)13-18/h1-6,13,20,25-26H,7-12,14H2/t20-/m1/s1. The Kier molecular flexibility index (Phi) is 6.79. The molecule has 0 spiro atoms. The van der Waals surface area contributed by atoms with Crippen molar-refractivity contribution in [2.75, 3.05) is 37.6 Å². The zero-order valence-electron chi connectivity index (χ0n) is 14.6. The lowest BCUT2D eigenvalue weighted by atomic mass is 10.1. The lowest BCUT2D eigenvalue weighted by Gasteiger charge is -2.36. The molecule has 2 aromatic carbocycles. The number of hydrogen-bond acceptors (Lipinski definition) is 4. The van der Waals surface area contributed by atoms with E-state index in [0.717, 1.165) is 49.5 Å². The van der Waals surface area contributed by atoms with Crippen molar-refractivity contribution in [1.82, 2.24) is 4.90 Å². The Morgan fingerprint density at radius 1 is 0.962 bits per heavy atom. The first kappa shape index (κ1) is 19.5. The van der Waals surface area contributed by atoms with Gasteiger partial charge >= 0.3 is 0 Å². The van der Waals surface area contributed by atoms with Crippen LogP contribution >= 0.6 is 23.2 Å². The molecule has 26 heavy (non-hydrogen) atoms.